The number of rotatable bonds is 6. The van der Waals surface area contributed by atoms with E-state index >= 15 is 0 Å². The van der Waals surface area contributed by atoms with Crippen LogP contribution in [0.4, 0.5) is 11.5 Å². The maximum absolute atomic E-state index is 12.4. The second-order valence-electron chi connectivity index (χ2n) is 6.57. The number of hydrogen-bond acceptors (Lipinski definition) is 5. The molecule has 0 unspecified atom stereocenters. The molecule has 0 saturated heterocycles. The van der Waals surface area contributed by atoms with Crippen molar-refractivity contribution in [3.8, 4) is 0 Å². The van der Waals surface area contributed by atoms with E-state index in [0.29, 0.717) is 11.5 Å². The number of anilines is 2. The van der Waals surface area contributed by atoms with Crippen molar-refractivity contribution < 1.29 is 9.59 Å². The number of nitrogens with one attached hydrogen (secondary N) is 2. The lowest BCUT2D eigenvalue weighted by Crippen LogP contribution is -2.28. The molecule has 0 spiro atoms. The van der Waals surface area contributed by atoms with E-state index in [2.05, 4.69) is 20.7 Å². The highest BCUT2D eigenvalue weighted by Gasteiger charge is 2.11. The van der Waals surface area contributed by atoms with Gasteiger partial charge in [0.1, 0.15) is 11.5 Å². The smallest absolute Gasteiger partial charge is 0.276 e. The van der Waals surface area contributed by atoms with Gasteiger partial charge < -0.3 is 10.6 Å². The van der Waals surface area contributed by atoms with Crippen LogP contribution in [0.1, 0.15) is 28.2 Å². The zero-order valence-electron chi connectivity index (χ0n) is 16.2. The van der Waals surface area contributed by atoms with Crippen LogP contribution in [-0.2, 0) is 11.3 Å². The Balaban J connectivity index is 1.65. The van der Waals surface area contributed by atoms with Gasteiger partial charge in [0.15, 0.2) is 0 Å². The van der Waals surface area contributed by atoms with Crippen molar-refractivity contribution >= 4 is 23.3 Å². The molecule has 29 heavy (non-hydrogen) atoms. The molecule has 0 aliphatic carbocycles. The number of aromatic nitrogens is 3. The van der Waals surface area contributed by atoms with Crippen molar-refractivity contribution in [1.82, 2.24) is 14.8 Å². The standard InChI is InChI=1S/C21H21N5O3/c1-14-5-3-7-16(13-14)23-21(29)17-9-10-20(28)26(25-17)12-11-19(27)24-18-8-4-6-15(2)22-18/h3-10,13H,11-12H2,1-2H3,(H,23,29)(H,22,24,27). The number of benzene rings is 1. The van der Waals surface area contributed by atoms with E-state index in [1.54, 1.807) is 18.2 Å². The minimum absolute atomic E-state index is 0.0193. The van der Waals surface area contributed by atoms with Crippen LogP contribution in [-0.4, -0.2) is 26.6 Å². The molecule has 2 heterocycles. The minimum Gasteiger partial charge on any atom is -0.321 e. The molecule has 148 valence electrons. The van der Waals surface area contributed by atoms with Gasteiger partial charge >= 0.3 is 0 Å². The van der Waals surface area contributed by atoms with E-state index in [1.807, 2.05) is 38.1 Å². The van der Waals surface area contributed by atoms with Gasteiger partial charge in [0.2, 0.25) is 5.91 Å². The van der Waals surface area contributed by atoms with Gasteiger partial charge in [-0.3, -0.25) is 14.4 Å². The third-order valence-electron chi connectivity index (χ3n) is 4.08. The summed E-state index contributed by atoms with van der Waals surface area (Å²) in [5.41, 5.74) is 2.13. The van der Waals surface area contributed by atoms with Crippen LogP contribution in [0.3, 0.4) is 0 Å². The highest BCUT2D eigenvalue weighted by Crippen LogP contribution is 2.10. The van der Waals surface area contributed by atoms with E-state index in [1.165, 1.54) is 12.1 Å². The monoisotopic (exact) mass is 391 g/mol. The fourth-order valence-corrected chi connectivity index (χ4v) is 2.67. The zero-order chi connectivity index (χ0) is 20.8. The number of pyridine rings is 1. The first kappa shape index (κ1) is 19.9. The highest BCUT2D eigenvalue weighted by molar-refractivity contribution is 6.02. The lowest BCUT2D eigenvalue weighted by atomic mass is 10.2. The topological polar surface area (TPSA) is 106 Å². The van der Waals surface area contributed by atoms with E-state index in [9.17, 15) is 14.4 Å². The molecular formula is C21H21N5O3. The molecule has 0 aliphatic heterocycles. The summed E-state index contributed by atoms with van der Waals surface area (Å²) < 4.78 is 1.11. The van der Waals surface area contributed by atoms with E-state index in [0.717, 1.165) is 15.9 Å². The predicted molar refractivity (Wildman–Crippen MR) is 110 cm³/mol. The summed E-state index contributed by atoms with van der Waals surface area (Å²) in [5, 5.41) is 9.50. The number of amides is 2. The fraction of sp³-hybridized carbons (Fsp3) is 0.190. The summed E-state index contributed by atoms with van der Waals surface area (Å²) in [6, 6.07) is 15.3. The normalized spacial score (nSPS) is 10.4. The maximum Gasteiger partial charge on any atom is 0.276 e. The largest absolute Gasteiger partial charge is 0.321 e. The van der Waals surface area contributed by atoms with E-state index in [-0.39, 0.29) is 24.6 Å². The molecule has 8 nitrogen and oxygen atoms in total. The molecule has 0 atom stereocenters. The summed E-state index contributed by atoms with van der Waals surface area (Å²) in [4.78, 5) is 40.8. The minimum atomic E-state index is -0.433. The van der Waals surface area contributed by atoms with Crippen LogP contribution < -0.4 is 16.2 Å². The Kier molecular flexibility index (Phi) is 6.13. The molecular weight excluding hydrogens is 370 g/mol. The first-order valence-corrected chi connectivity index (χ1v) is 9.10. The molecule has 2 amide bonds. The Hall–Kier alpha value is -3.81. The second kappa shape index (κ2) is 8.92. The van der Waals surface area contributed by atoms with Gasteiger partial charge in [0.05, 0.1) is 6.54 Å². The summed E-state index contributed by atoms with van der Waals surface area (Å²) in [5.74, 6) is -0.286. The Morgan fingerprint density at radius 2 is 1.79 bits per heavy atom. The average molecular weight is 391 g/mol. The number of carbonyl (C=O) groups excluding carboxylic acids is 2. The SMILES string of the molecule is Cc1cccc(NC(=O)c2ccc(=O)n(CCC(=O)Nc3cccc(C)n3)n2)c1. The molecule has 8 heteroatoms. The number of nitrogens with zero attached hydrogens (tertiary/aromatic N) is 3. The van der Waals surface area contributed by atoms with E-state index < -0.39 is 11.5 Å². The van der Waals surface area contributed by atoms with Crippen molar-refractivity contribution in [3.63, 3.8) is 0 Å². The maximum atomic E-state index is 12.4. The Morgan fingerprint density at radius 3 is 2.55 bits per heavy atom. The molecule has 0 fully saturated rings. The Morgan fingerprint density at radius 1 is 1.00 bits per heavy atom. The van der Waals surface area contributed by atoms with Crippen molar-refractivity contribution in [1.29, 1.82) is 0 Å². The lowest BCUT2D eigenvalue weighted by Gasteiger charge is -2.09. The molecule has 0 aliphatic rings. The zero-order valence-corrected chi connectivity index (χ0v) is 16.2. The van der Waals surface area contributed by atoms with Crippen molar-refractivity contribution in [2.24, 2.45) is 0 Å². The van der Waals surface area contributed by atoms with Crippen molar-refractivity contribution in [2.45, 2.75) is 26.8 Å². The van der Waals surface area contributed by atoms with Gasteiger partial charge in [-0.15, -0.1) is 0 Å². The molecule has 1 aromatic carbocycles. The molecule has 0 radical (unpaired) electrons. The van der Waals surface area contributed by atoms with Crippen LogP contribution in [0, 0.1) is 13.8 Å². The molecule has 3 aromatic rings. The average Bonchev–Trinajstić information content (AvgIpc) is 2.67. The summed E-state index contributed by atoms with van der Waals surface area (Å²) in [6.07, 6.45) is 0.0193. The molecule has 2 aromatic heterocycles. The second-order valence-corrected chi connectivity index (χ2v) is 6.57. The number of hydrogen-bond donors (Lipinski definition) is 2. The predicted octanol–water partition coefficient (Wildman–Crippen LogP) is 2.54. The third kappa shape index (κ3) is 5.58. The first-order chi connectivity index (χ1) is 13.9. The summed E-state index contributed by atoms with van der Waals surface area (Å²) in [7, 11) is 0. The van der Waals surface area contributed by atoms with Crippen molar-refractivity contribution in [3.05, 3.63) is 81.9 Å². The van der Waals surface area contributed by atoms with Gasteiger partial charge in [-0.25, -0.2) is 9.67 Å². The van der Waals surface area contributed by atoms with Crippen LogP contribution in [0.25, 0.3) is 0 Å². The molecule has 3 rings (SSSR count). The summed E-state index contributed by atoms with van der Waals surface area (Å²) >= 11 is 0. The van der Waals surface area contributed by atoms with Gasteiger partial charge in [0, 0.05) is 23.9 Å². The van der Waals surface area contributed by atoms with E-state index in [4.69, 9.17) is 0 Å². The van der Waals surface area contributed by atoms with Crippen LogP contribution in [0.2, 0.25) is 0 Å². The van der Waals surface area contributed by atoms with Crippen LogP contribution in [0.5, 0.6) is 0 Å². The lowest BCUT2D eigenvalue weighted by molar-refractivity contribution is -0.116. The molecule has 0 bridgehead atoms. The van der Waals surface area contributed by atoms with Crippen LogP contribution >= 0.6 is 0 Å². The summed E-state index contributed by atoms with van der Waals surface area (Å²) in [6.45, 7) is 3.79. The van der Waals surface area contributed by atoms with Gasteiger partial charge in [0.25, 0.3) is 11.5 Å². The van der Waals surface area contributed by atoms with Gasteiger partial charge in [-0.1, -0.05) is 18.2 Å². The van der Waals surface area contributed by atoms with Crippen molar-refractivity contribution in [2.75, 3.05) is 10.6 Å². The molecule has 2 N–H and O–H groups in total. The highest BCUT2D eigenvalue weighted by atomic mass is 16.2. The van der Waals surface area contributed by atoms with Gasteiger partial charge in [-0.05, 0) is 49.7 Å². The third-order valence-corrected chi connectivity index (χ3v) is 4.08. The Bertz CT molecular complexity index is 1110. The number of aryl methyl sites for hydroxylation is 3. The van der Waals surface area contributed by atoms with Gasteiger partial charge in [-0.2, -0.15) is 5.10 Å². The first-order valence-electron chi connectivity index (χ1n) is 9.10. The fourth-order valence-electron chi connectivity index (χ4n) is 2.67. The quantitative estimate of drug-likeness (QED) is 0.672. The number of carbonyl (C=O) groups is 2. The Labute approximate surface area is 167 Å². The van der Waals surface area contributed by atoms with Crippen LogP contribution in [0.15, 0.2) is 59.4 Å². The molecule has 0 saturated carbocycles.